The molecular formula is C18H19N3O4. The van der Waals surface area contributed by atoms with Crippen LogP contribution in [0.2, 0.25) is 0 Å². The Bertz CT molecular complexity index is 910. The third-order valence-electron chi connectivity index (χ3n) is 4.05. The molecule has 0 saturated heterocycles. The number of hydrogen-bond acceptors (Lipinski definition) is 4. The zero-order valence-electron chi connectivity index (χ0n) is 13.9. The Morgan fingerprint density at radius 3 is 2.76 bits per heavy atom. The average molecular weight is 341 g/mol. The van der Waals surface area contributed by atoms with Gasteiger partial charge in [-0.05, 0) is 17.5 Å². The molecule has 2 aromatic heterocycles. The highest BCUT2D eigenvalue weighted by Crippen LogP contribution is 2.19. The van der Waals surface area contributed by atoms with Gasteiger partial charge in [-0.3, -0.25) is 4.79 Å². The van der Waals surface area contributed by atoms with Gasteiger partial charge < -0.3 is 19.9 Å². The van der Waals surface area contributed by atoms with Crippen LogP contribution in [-0.4, -0.2) is 33.2 Å². The third-order valence-corrected chi connectivity index (χ3v) is 4.05. The summed E-state index contributed by atoms with van der Waals surface area (Å²) in [5.74, 6) is -1.57. The molecule has 3 aromatic rings. The lowest BCUT2D eigenvalue weighted by molar-refractivity contribution is -0.139. The minimum absolute atomic E-state index is 0.00822. The molecule has 0 aliphatic heterocycles. The molecule has 1 aromatic carbocycles. The average Bonchev–Trinajstić information content (AvgIpc) is 3.21. The molecule has 7 nitrogen and oxygen atoms in total. The first kappa shape index (κ1) is 16.8. The molecule has 0 saturated carbocycles. The van der Waals surface area contributed by atoms with Gasteiger partial charge in [0, 0.05) is 29.6 Å². The monoisotopic (exact) mass is 341 g/mol. The van der Waals surface area contributed by atoms with E-state index in [1.807, 2.05) is 38.1 Å². The van der Waals surface area contributed by atoms with Gasteiger partial charge in [0.05, 0.1) is 5.69 Å². The van der Waals surface area contributed by atoms with Crippen molar-refractivity contribution in [1.82, 2.24) is 15.5 Å². The zero-order valence-corrected chi connectivity index (χ0v) is 13.9. The van der Waals surface area contributed by atoms with Crippen molar-refractivity contribution in [2.45, 2.75) is 32.2 Å². The van der Waals surface area contributed by atoms with Crippen LogP contribution in [0.25, 0.3) is 10.9 Å². The molecule has 2 heterocycles. The highest BCUT2D eigenvalue weighted by Gasteiger charge is 2.24. The zero-order chi connectivity index (χ0) is 18.0. The summed E-state index contributed by atoms with van der Waals surface area (Å²) in [6, 6.07) is 8.07. The molecule has 0 spiro atoms. The van der Waals surface area contributed by atoms with E-state index < -0.39 is 17.9 Å². The molecule has 0 aliphatic carbocycles. The Hall–Kier alpha value is -3.09. The molecule has 25 heavy (non-hydrogen) atoms. The fourth-order valence-corrected chi connectivity index (χ4v) is 2.62. The Morgan fingerprint density at radius 2 is 2.08 bits per heavy atom. The van der Waals surface area contributed by atoms with E-state index in [0.29, 0.717) is 5.69 Å². The molecule has 130 valence electrons. The number of nitrogens with zero attached hydrogens (tertiary/aromatic N) is 1. The second-order valence-corrected chi connectivity index (χ2v) is 6.20. The van der Waals surface area contributed by atoms with Crippen LogP contribution in [0, 0.1) is 0 Å². The number of aromatic amines is 1. The molecule has 0 fully saturated rings. The van der Waals surface area contributed by atoms with Gasteiger partial charge in [0.15, 0.2) is 0 Å². The number of para-hydroxylation sites is 1. The number of carbonyl (C=O) groups is 2. The minimum Gasteiger partial charge on any atom is -0.480 e. The molecule has 3 N–H and O–H groups in total. The number of carboxylic acid groups (broad SMARTS) is 1. The van der Waals surface area contributed by atoms with Crippen molar-refractivity contribution in [3.8, 4) is 0 Å². The third kappa shape index (κ3) is 3.55. The summed E-state index contributed by atoms with van der Waals surface area (Å²) in [5, 5.41) is 16.7. The summed E-state index contributed by atoms with van der Waals surface area (Å²) in [4.78, 5) is 26.9. The van der Waals surface area contributed by atoms with Crippen LogP contribution in [0.15, 0.2) is 41.1 Å². The van der Waals surface area contributed by atoms with Gasteiger partial charge >= 0.3 is 5.97 Å². The predicted molar refractivity (Wildman–Crippen MR) is 91.5 cm³/mol. The maximum Gasteiger partial charge on any atom is 0.326 e. The lowest BCUT2D eigenvalue weighted by Gasteiger charge is -2.13. The van der Waals surface area contributed by atoms with Crippen molar-refractivity contribution in [1.29, 1.82) is 0 Å². The first-order chi connectivity index (χ1) is 12.0. The number of aromatic nitrogens is 2. The smallest absolute Gasteiger partial charge is 0.326 e. The lowest BCUT2D eigenvalue weighted by Crippen LogP contribution is -2.42. The van der Waals surface area contributed by atoms with Crippen molar-refractivity contribution in [3.05, 3.63) is 53.5 Å². The summed E-state index contributed by atoms with van der Waals surface area (Å²) in [6.45, 7) is 3.85. The second kappa shape index (κ2) is 6.80. The van der Waals surface area contributed by atoms with Crippen LogP contribution in [0.5, 0.6) is 0 Å². The molecule has 7 heteroatoms. The van der Waals surface area contributed by atoms with E-state index in [0.717, 1.165) is 16.5 Å². The van der Waals surface area contributed by atoms with E-state index >= 15 is 0 Å². The number of amides is 1. The fourth-order valence-electron chi connectivity index (χ4n) is 2.62. The predicted octanol–water partition coefficient (Wildman–Crippen LogP) is 2.71. The van der Waals surface area contributed by atoms with Crippen LogP contribution >= 0.6 is 0 Å². The van der Waals surface area contributed by atoms with Gasteiger partial charge in [-0.15, -0.1) is 0 Å². The number of fused-ring (bicyclic) bond motifs is 1. The van der Waals surface area contributed by atoms with Crippen LogP contribution < -0.4 is 5.32 Å². The Kier molecular flexibility index (Phi) is 4.56. The van der Waals surface area contributed by atoms with Gasteiger partial charge in [-0.2, -0.15) is 0 Å². The molecule has 1 atom stereocenters. The van der Waals surface area contributed by atoms with Gasteiger partial charge in [-0.25, -0.2) is 4.79 Å². The van der Waals surface area contributed by atoms with E-state index in [2.05, 4.69) is 15.5 Å². The Balaban J connectivity index is 1.77. The molecule has 1 amide bonds. The molecular weight excluding hydrogens is 322 g/mol. The number of rotatable bonds is 6. The number of nitrogens with one attached hydrogen (secondary N) is 2. The summed E-state index contributed by atoms with van der Waals surface area (Å²) in [6.07, 6.45) is 1.92. The maximum atomic E-state index is 12.3. The van der Waals surface area contributed by atoms with E-state index in [1.54, 1.807) is 6.20 Å². The topological polar surface area (TPSA) is 108 Å². The summed E-state index contributed by atoms with van der Waals surface area (Å²) >= 11 is 0. The van der Waals surface area contributed by atoms with Crippen molar-refractivity contribution in [2.24, 2.45) is 0 Å². The lowest BCUT2D eigenvalue weighted by atomic mass is 10.0. The van der Waals surface area contributed by atoms with Crippen molar-refractivity contribution in [2.75, 3.05) is 0 Å². The van der Waals surface area contributed by atoms with Gasteiger partial charge in [0.2, 0.25) is 5.76 Å². The Morgan fingerprint density at radius 1 is 1.32 bits per heavy atom. The quantitative estimate of drug-likeness (QED) is 0.639. The molecule has 3 rings (SSSR count). The standard InChI is InChI=1S/C18H19N3O4/c1-10(2)14-8-16(25-21-14)17(22)20-15(18(23)24)7-11-9-19-13-6-4-3-5-12(11)13/h3-6,8-10,15,19H,7H2,1-2H3,(H,20,22)(H,23,24). The number of benzene rings is 1. The number of carboxylic acids is 1. The van der Waals surface area contributed by atoms with E-state index in [4.69, 9.17) is 4.52 Å². The first-order valence-electron chi connectivity index (χ1n) is 8.01. The minimum atomic E-state index is -1.11. The maximum absolute atomic E-state index is 12.3. The summed E-state index contributed by atoms with van der Waals surface area (Å²) in [7, 11) is 0. The molecule has 0 bridgehead atoms. The SMILES string of the molecule is CC(C)c1cc(C(=O)NC(Cc2c[nH]c3ccccc23)C(=O)O)on1. The fraction of sp³-hybridized carbons (Fsp3) is 0.278. The van der Waals surface area contributed by atoms with Gasteiger partial charge in [0.1, 0.15) is 6.04 Å². The largest absolute Gasteiger partial charge is 0.480 e. The van der Waals surface area contributed by atoms with Crippen molar-refractivity contribution in [3.63, 3.8) is 0 Å². The van der Waals surface area contributed by atoms with Crippen LogP contribution in [0.4, 0.5) is 0 Å². The van der Waals surface area contributed by atoms with Crippen LogP contribution in [0.1, 0.15) is 41.6 Å². The highest BCUT2D eigenvalue weighted by atomic mass is 16.5. The number of hydrogen-bond donors (Lipinski definition) is 3. The Labute approximate surface area is 144 Å². The van der Waals surface area contributed by atoms with E-state index in [1.165, 1.54) is 6.07 Å². The van der Waals surface area contributed by atoms with E-state index in [-0.39, 0.29) is 18.1 Å². The second-order valence-electron chi connectivity index (χ2n) is 6.20. The first-order valence-corrected chi connectivity index (χ1v) is 8.01. The number of carbonyl (C=O) groups excluding carboxylic acids is 1. The van der Waals surface area contributed by atoms with Crippen molar-refractivity contribution >= 4 is 22.8 Å². The summed E-state index contributed by atoms with van der Waals surface area (Å²) in [5.41, 5.74) is 2.39. The number of aliphatic carboxylic acids is 1. The normalized spacial score (nSPS) is 12.4. The van der Waals surface area contributed by atoms with Crippen molar-refractivity contribution < 1.29 is 19.2 Å². The molecule has 1 unspecified atom stereocenters. The number of H-pyrrole nitrogens is 1. The molecule has 0 radical (unpaired) electrons. The van der Waals surface area contributed by atoms with Crippen LogP contribution in [0.3, 0.4) is 0 Å². The molecule has 0 aliphatic rings. The van der Waals surface area contributed by atoms with Gasteiger partial charge in [0.25, 0.3) is 5.91 Å². The van der Waals surface area contributed by atoms with Gasteiger partial charge in [-0.1, -0.05) is 37.2 Å². The highest BCUT2D eigenvalue weighted by molar-refractivity contribution is 5.94. The summed E-state index contributed by atoms with van der Waals surface area (Å²) < 4.78 is 5.01. The van der Waals surface area contributed by atoms with Crippen LogP contribution in [-0.2, 0) is 11.2 Å². The van der Waals surface area contributed by atoms with E-state index in [9.17, 15) is 14.7 Å².